The molecule has 3 N–H and O–H groups in total. The molecule has 0 radical (unpaired) electrons. The number of para-hydroxylation sites is 1. The maximum atomic E-state index is 13.7. The van der Waals surface area contributed by atoms with E-state index in [2.05, 4.69) is 19.2 Å². The van der Waals surface area contributed by atoms with Gasteiger partial charge in [-0.1, -0.05) is 55.2 Å². The molecule has 2 aromatic carbocycles. The summed E-state index contributed by atoms with van der Waals surface area (Å²) >= 11 is 11.9. The lowest BCUT2D eigenvalue weighted by atomic mass is 9.98. The summed E-state index contributed by atoms with van der Waals surface area (Å²) in [6.07, 6.45) is 0. The molecule has 0 spiro atoms. The van der Waals surface area contributed by atoms with Gasteiger partial charge in [-0.05, 0) is 43.0 Å². The van der Waals surface area contributed by atoms with Crippen LogP contribution in [0.4, 0.5) is 10.1 Å². The van der Waals surface area contributed by atoms with Gasteiger partial charge < -0.3 is 10.6 Å². The van der Waals surface area contributed by atoms with E-state index in [4.69, 9.17) is 23.2 Å². The highest BCUT2D eigenvalue weighted by Gasteiger charge is 2.18. The largest absolute Gasteiger partial charge is 0.332 e. The highest BCUT2D eigenvalue weighted by Crippen LogP contribution is 2.28. The van der Waals surface area contributed by atoms with Crippen LogP contribution in [0.2, 0.25) is 10.0 Å². The first-order chi connectivity index (χ1) is 12.2. The van der Waals surface area contributed by atoms with Gasteiger partial charge in [0.25, 0.3) is 5.91 Å². The third-order valence-electron chi connectivity index (χ3n) is 4.38. The Hall–Kier alpha value is -1.62. The Balaban J connectivity index is 2.05. The third kappa shape index (κ3) is 4.97. The van der Waals surface area contributed by atoms with Gasteiger partial charge in [0.2, 0.25) is 0 Å². The van der Waals surface area contributed by atoms with Crippen molar-refractivity contribution in [2.75, 3.05) is 11.9 Å². The quantitative estimate of drug-likeness (QED) is 0.673. The van der Waals surface area contributed by atoms with Crippen molar-refractivity contribution in [1.82, 2.24) is 0 Å². The summed E-state index contributed by atoms with van der Waals surface area (Å²) in [5.41, 5.74) is 3.61. The molecule has 140 valence electrons. The van der Waals surface area contributed by atoms with Gasteiger partial charge in [0.1, 0.15) is 11.9 Å². The molecule has 1 amide bonds. The van der Waals surface area contributed by atoms with Crippen molar-refractivity contribution < 1.29 is 14.5 Å². The lowest BCUT2D eigenvalue weighted by Crippen LogP contribution is -2.86. The number of quaternary nitrogens is 1. The monoisotopic (exact) mass is 397 g/mol. The number of anilines is 1. The van der Waals surface area contributed by atoms with Crippen molar-refractivity contribution >= 4 is 34.8 Å². The Morgan fingerprint density at radius 2 is 1.85 bits per heavy atom. The lowest BCUT2D eigenvalue weighted by Gasteiger charge is -2.17. The van der Waals surface area contributed by atoms with Crippen LogP contribution in [0.5, 0.6) is 0 Å². The van der Waals surface area contributed by atoms with Crippen LogP contribution < -0.4 is 10.6 Å². The predicted octanol–water partition coefficient (Wildman–Crippen LogP) is 4.83. The third-order valence-corrected chi connectivity index (χ3v) is 5.00. The number of rotatable bonds is 6. The maximum Gasteiger partial charge on any atom is 0.279 e. The summed E-state index contributed by atoms with van der Waals surface area (Å²) in [7, 11) is 0. The fourth-order valence-corrected chi connectivity index (χ4v) is 3.39. The molecule has 0 saturated carbocycles. The van der Waals surface area contributed by atoms with Crippen molar-refractivity contribution in [3.05, 3.63) is 62.9 Å². The lowest BCUT2D eigenvalue weighted by molar-refractivity contribution is -0.682. The minimum absolute atomic E-state index is 0.00976. The second-order valence-corrected chi connectivity index (χ2v) is 7.57. The number of carbonyl (C=O) groups excluding carboxylic acids is 1. The Labute approximate surface area is 163 Å². The average molecular weight is 398 g/mol. The smallest absolute Gasteiger partial charge is 0.279 e. The number of benzene rings is 2. The van der Waals surface area contributed by atoms with E-state index in [0.29, 0.717) is 16.5 Å². The van der Waals surface area contributed by atoms with Crippen molar-refractivity contribution in [2.45, 2.75) is 39.7 Å². The van der Waals surface area contributed by atoms with Crippen LogP contribution in [-0.4, -0.2) is 12.5 Å². The minimum Gasteiger partial charge on any atom is -0.332 e. The van der Waals surface area contributed by atoms with Gasteiger partial charge in [0, 0.05) is 11.3 Å². The van der Waals surface area contributed by atoms with Gasteiger partial charge >= 0.3 is 0 Å². The molecule has 0 bridgehead atoms. The number of carbonyl (C=O) groups is 1. The summed E-state index contributed by atoms with van der Waals surface area (Å²) in [6, 6.07) is 8.52. The van der Waals surface area contributed by atoms with Crippen molar-refractivity contribution in [3.8, 4) is 0 Å². The Bertz CT molecular complexity index is 809. The van der Waals surface area contributed by atoms with Crippen molar-refractivity contribution in [2.24, 2.45) is 0 Å². The van der Waals surface area contributed by atoms with E-state index in [-0.39, 0.29) is 23.5 Å². The van der Waals surface area contributed by atoms with Gasteiger partial charge in [0.05, 0.1) is 10.0 Å². The molecule has 0 aromatic heterocycles. The van der Waals surface area contributed by atoms with E-state index < -0.39 is 5.82 Å². The summed E-state index contributed by atoms with van der Waals surface area (Å²) in [6.45, 7) is 8.23. The topological polar surface area (TPSA) is 45.7 Å². The zero-order valence-electron chi connectivity index (χ0n) is 15.4. The van der Waals surface area contributed by atoms with Crippen molar-refractivity contribution in [1.29, 1.82) is 0 Å². The van der Waals surface area contributed by atoms with Gasteiger partial charge in [-0.3, -0.25) is 4.79 Å². The zero-order valence-corrected chi connectivity index (χ0v) is 16.9. The molecular weight excluding hydrogens is 374 g/mol. The average Bonchev–Trinajstić information content (AvgIpc) is 2.57. The molecule has 26 heavy (non-hydrogen) atoms. The fourth-order valence-electron chi connectivity index (χ4n) is 2.83. The van der Waals surface area contributed by atoms with Gasteiger partial charge in [-0.2, -0.15) is 0 Å². The molecule has 1 atom stereocenters. The van der Waals surface area contributed by atoms with Crippen LogP contribution in [0, 0.1) is 12.7 Å². The van der Waals surface area contributed by atoms with E-state index >= 15 is 0 Å². The number of halogens is 3. The van der Waals surface area contributed by atoms with E-state index in [1.807, 2.05) is 37.4 Å². The molecule has 0 unspecified atom stereocenters. The number of hydrogen-bond acceptors (Lipinski definition) is 1. The molecule has 0 aliphatic heterocycles. The van der Waals surface area contributed by atoms with Crippen LogP contribution in [0.3, 0.4) is 0 Å². The summed E-state index contributed by atoms with van der Waals surface area (Å²) in [4.78, 5) is 12.4. The first-order valence-corrected chi connectivity index (χ1v) is 9.33. The Morgan fingerprint density at radius 3 is 2.50 bits per heavy atom. The molecule has 0 heterocycles. The number of nitrogens with one attached hydrogen (secondary N) is 1. The molecule has 2 aromatic rings. The highest BCUT2D eigenvalue weighted by molar-refractivity contribution is 6.35. The van der Waals surface area contributed by atoms with E-state index in [1.165, 1.54) is 12.1 Å². The molecule has 0 saturated heterocycles. The normalized spacial score (nSPS) is 12.3. The zero-order chi connectivity index (χ0) is 19.4. The van der Waals surface area contributed by atoms with Crippen molar-refractivity contribution in [3.63, 3.8) is 0 Å². The first kappa shape index (κ1) is 20.7. The fraction of sp³-hybridized carbons (Fsp3) is 0.350. The van der Waals surface area contributed by atoms with Crippen LogP contribution in [0.25, 0.3) is 0 Å². The summed E-state index contributed by atoms with van der Waals surface area (Å²) in [5, 5.41) is 5.20. The highest BCUT2D eigenvalue weighted by atomic mass is 35.5. The molecule has 0 fully saturated rings. The van der Waals surface area contributed by atoms with Crippen LogP contribution in [-0.2, 0) is 4.79 Å². The molecule has 2 rings (SSSR count). The number of nitrogens with two attached hydrogens (primary N) is 1. The first-order valence-electron chi connectivity index (χ1n) is 8.57. The second-order valence-electron chi connectivity index (χ2n) is 6.76. The molecule has 6 heteroatoms. The van der Waals surface area contributed by atoms with E-state index in [1.54, 1.807) is 0 Å². The van der Waals surface area contributed by atoms with Crippen LogP contribution in [0.15, 0.2) is 30.3 Å². The van der Waals surface area contributed by atoms with E-state index in [9.17, 15) is 9.18 Å². The molecule has 0 aliphatic rings. The van der Waals surface area contributed by atoms with Gasteiger partial charge in [0.15, 0.2) is 6.54 Å². The summed E-state index contributed by atoms with van der Waals surface area (Å²) < 4.78 is 13.7. The molecule has 0 aliphatic carbocycles. The second kappa shape index (κ2) is 8.85. The summed E-state index contributed by atoms with van der Waals surface area (Å²) in [5.74, 6) is -0.320. The molecular formula is C20H24Cl2FN2O+. The van der Waals surface area contributed by atoms with Crippen LogP contribution >= 0.6 is 23.2 Å². The predicted molar refractivity (Wildman–Crippen MR) is 106 cm³/mol. The maximum absolute atomic E-state index is 13.7. The standard InChI is InChI=1S/C20H23Cl2FN2O/c1-11(2)14-7-5-6-12(3)20(14)25-19(26)10-24-13(4)15-8-18(23)17(22)9-16(15)21/h5-9,11,13,24H,10H2,1-4H3,(H,25,26)/p+1/t13-/m0/s1. The number of aryl methyl sites for hydroxylation is 1. The van der Waals surface area contributed by atoms with Gasteiger partial charge in [-0.15, -0.1) is 0 Å². The van der Waals surface area contributed by atoms with Crippen LogP contribution in [0.1, 0.15) is 49.4 Å². The van der Waals surface area contributed by atoms with E-state index in [0.717, 1.165) is 16.8 Å². The SMILES string of the molecule is Cc1cccc(C(C)C)c1NC(=O)C[NH2+][C@@H](C)c1cc(F)c(Cl)cc1Cl. The minimum atomic E-state index is -0.516. The Morgan fingerprint density at radius 1 is 1.15 bits per heavy atom. The van der Waals surface area contributed by atoms with Gasteiger partial charge in [-0.25, -0.2) is 4.39 Å². The Kier molecular flexibility index (Phi) is 7.04. The number of amides is 1. The molecule has 3 nitrogen and oxygen atoms in total. The number of hydrogen-bond donors (Lipinski definition) is 2.